The number of hydrogen-bond acceptors (Lipinski definition) is 3. The van der Waals surface area contributed by atoms with Crippen LogP contribution in [0.4, 0.5) is 0 Å². The summed E-state index contributed by atoms with van der Waals surface area (Å²) in [5, 5.41) is 0. The van der Waals surface area contributed by atoms with Gasteiger partial charge in [-0.1, -0.05) is 46.3 Å². The molecule has 0 aromatic heterocycles. The molecule has 94 valence electrons. The maximum Gasteiger partial charge on any atom is 0.0553 e. The molecular formula is C14H15BrN2S. The summed E-state index contributed by atoms with van der Waals surface area (Å²) >= 11 is 5.23. The summed E-state index contributed by atoms with van der Waals surface area (Å²) in [5.74, 6) is 6.53. The fraction of sp³-hybridized carbons (Fsp3) is 0.143. The van der Waals surface area contributed by atoms with E-state index in [1.54, 1.807) is 11.8 Å². The van der Waals surface area contributed by atoms with E-state index in [1.807, 2.05) is 18.2 Å². The van der Waals surface area contributed by atoms with Gasteiger partial charge in [0, 0.05) is 15.1 Å². The van der Waals surface area contributed by atoms with Gasteiger partial charge in [-0.25, -0.2) is 0 Å². The predicted octanol–water partition coefficient (Wildman–Crippen LogP) is 3.75. The Kier molecular flexibility index (Phi) is 5.26. The number of halogens is 1. The van der Waals surface area contributed by atoms with Crippen molar-refractivity contribution in [3.05, 3.63) is 64.6 Å². The molecule has 0 amide bonds. The van der Waals surface area contributed by atoms with Crippen LogP contribution >= 0.6 is 27.7 Å². The third-order valence-corrected chi connectivity index (χ3v) is 4.27. The highest BCUT2D eigenvalue weighted by molar-refractivity contribution is 9.10. The van der Waals surface area contributed by atoms with Crippen molar-refractivity contribution in [3.8, 4) is 0 Å². The lowest BCUT2D eigenvalue weighted by atomic mass is 10.1. The average molecular weight is 323 g/mol. The Morgan fingerprint density at radius 1 is 1.06 bits per heavy atom. The number of hydrazine groups is 1. The molecule has 2 aromatic rings. The van der Waals surface area contributed by atoms with E-state index in [1.165, 1.54) is 10.5 Å². The van der Waals surface area contributed by atoms with Gasteiger partial charge in [0.2, 0.25) is 0 Å². The van der Waals surface area contributed by atoms with E-state index in [4.69, 9.17) is 5.84 Å². The molecule has 1 unspecified atom stereocenters. The van der Waals surface area contributed by atoms with Crippen molar-refractivity contribution in [2.75, 3.05) is 5.75 Å². The number of rotatable bonds is 5. The molecule has 3 N–H and O–H groups in total. The summed E-state index contributed by atoms with van der Waals surface area (Å²) < 4.78 is 1.10. The van der Waals surface area contributed by atoms with Gasteiger partial charge in [0.05, 0.1) is 6.04 Å². The van der Waals surface area contributed by atoms with Crippen molar-refractivity contribution in [3.63, 3.8) is 0 Å². The third-order valence-electron chi connectivity index (χ3n) is 2.63. The molecule has 0 aliphatic carbocycles. The second kappa shape index (κ2) is 6.95. The Hall–Kier alpha value is -0.810. The molecule has 0 saturated heterocycles. The molecule has 4 heteroatoms. The lowest BCUT2D eigenvalue weighted by Crippen LogP contribution is -2.29. The van der Waals surface area contributed by atoms with E-state index >= 15 is 0 Å². The van der Waals surface area contributed by atoms with Crippen LogP contribution in [0.1, 0.15) is 11.6 Å². The van der Waals surface area contributed by atoms with Gasteiger partial charge < -0.3 is 0 Å². The molecule has 0 aliphatic heterocycles. The van der Waals surface area contributed by atoms with Crippen molar-refractivity contribution in [1.82, 2.24) is 5.43 Å². The SMILES string of the molecule is NNC(CSc1ccc(Br)cc1)c1ccccc1. The fourth-order valence-electron chi connectivity index (χ4n) is 1.64. The predicted molar refractivity (Wildman–Crippen MR) is 81.4 cm³/mol. The first-order valence-electron chi connectivity index (χ1n) is 5.69. The quantitative estimate of drug-likeness (QED) is 0.500. The van der Waals surface area contributed by atoms with Gasteiger partial charge in [-0.2, -0.15) is 0 Å². The topological polar surface area (TPSA) is 38.0 Å². The van der Waals surface area contributed by atoms with Crippen LogP contribution in [0.5, 0.6) is 0 Å². The van der Waals surface area contributed by atoms with Gasteiger partial charge in [-0.15, -0.1) is 11.8 Å². The van der Waals surface area contributed by atoms with Crippen LogP contribution in [0.25, 0.3) is 0 Å². The Morgan fingerprint density at radius 3 is 2.33 bits per heavy atom. The van der Waals surface area contributed by atoms with Crippen molar-refractivity contribution in [2.24, 2.45) is 5.84 Å². The maximum absolute atomic E-state index is 5.62. The van der Waals surface area contributed by atoms with Crippen molar-refractivity contribution < 1.29 is 0 Å². The fourth-order valence-corrected chi connectivity index (χ4v) is 2.88. The Bertz CT molecular complexity index is 473. The van der Waals surface area contributed by atoms with Gasteiger partial charge in [-0.3, -0.25) is 11.3 Å². The summed E-state index contributed by atoms with van der Waals surface area (Å²) in [6.45, 7) is 0. The first-order chi connectivity index (χ1) is 8.79. The summed E-state index contributed by atoms with van der Waals surface area (Å²) in [6.07, 6.45) is 0. The normalized spacial score (nSPS) is 12.3. The molecule has 0 fully saturated rings. The van der Waals surface area contributed by atoms with Crippen molar-refractivity contribution in [1.29, 1.82) is 0 Å². The molecule has 0 heterocycles. The molecule has 18 heavy (non-hydrogen) atoms. The van der Waals surface area contributed by atoms with E-state index in [2.05, 4.69) is 57.8 Å². The minimum atomic E-state index is 0.167. The zero-order chi connectivity index (χ0) is 12.8. The highest BCUT2D eigenvalue weighted by Gasteiger charge is 2.09. The third kappa shape index (κ3) is 3.85. The first-order valence-corrected chi connectivity index (χ1v) is 7.47. The molecule has 0 spiro atoms. The summed E-state index contributed by atoms with van der Waals surface area (Å²) in [6, 6.07) is 18.7. The van der Waals surface area contributed by atoms with Crippen LogP contribution in [0.15, 0.2) is 64.0 Å². The largest absolute Gasteiger partial charge is 0.271 e. The standard InChI is InChI=1S/C14H15BrN2S/c15-12-6-8-13(9-7-12)18-10-14(17-16)11-4-2-1-3-5-11/h1-9,14,17H,10,16H2. The number of thioether (sulfide) groups is 1. The smallest absolute Gasteiger partial charge is 0.0553 e. The summed E-state index contributed by atoms with van der Waals surface area (Å²) in [4.78, 5) is 1.24. The van der Waals surface area contributed by atoms with E-state index in [0.29, 0.717) is 0 Å². The number of benzene rings is 2. The molecule has 0 aliphatic rings. The van der Waals surface area contributed by atoms with Gasteiger partial charge in [0.15, 0.2) is 0 Å². The highest BCUT2D eigenvalue weighted by atomic mass is 79.9. The van der Waals surface area contributed by atoms with Gasteiger partial charge in [0.25, 0.3) is 0 Å². The zero-order valence-electron chi connectivity index (χ0n) is 9.84. The lowest BCUT2D eigenvalue weighted by Gasteiger charge is -2.15. The van der Waals surface area contributed by atoms with Crippen LogP contribution < -0.4 is 11.3 Å². The first kappa shape index (κ1) is 13.6. The second-order valence-electron chi connectivity index (χ2n) is 3.89. The van der Waals surface area contributed by atoms with Crippen molar-refractivity contribution >= 4 is 27.7 Å². The van der Waals surface area contributed by atoms with Gasteiger partial charge in [0.1, 0.15) is 0 Å². The van der Waals surface area contributed by atoms with Crippen molar-refractivity contribution in [2.45, 2.75) is 10.9 Å². The van der Waals surface area contributed by atoms with Crippen LogP contribution in [0.3, 0.4) is 0 Å². The molecule has 0 bridgehead atoms. The number of hydrogen-bond donors (Lipinski definition) is 2. The van der Waals surface area contributed by atoms with E-state index in [9.17, 15) is 0 Å². The molecule has 0 radical (unpaired) electrons. The molecule has 2 aromatic carbocycles. The lowest BCUT2D eigenvalue weighted by molar-refractivity contribution is 0.611. The second-order valence-corrected chi connectivity index (χ2v) is 5.90. The molecule has 2 nitrogen and oxygen atoms in total. The van der Waals surface area contributed by atoms with Crippen LogP contribution in [0.2, 0.25) is 0 Å². The number of nitrogens with two attached hydrogens (primary N) is 1. The number of nitrogens with one attached hydrogen (secondary N) is 1. The van der Waals surface area contributed by atoms with Crippen LogP contribution in [0, 0.1) is 0 Å². The zero-order valence-corrected chi connectivity index (χ0v) is 12.2. The highest BCUT2D eigenvalue weighted by Crippen LogP contribution is 2.25. The minimum absolute atomic E-state index is 0.167. The Labute approximate surface area is 120 Å². The molecular weight excluding hydrogens is 308 g/mol. The van der Waals surface area contributed by atoms with Crippen LogP contribution in [-0.2, 0) is 0 Å². The maximum atomic E-state index is 5.62. The Balaban J connectivity index is 1.97. The van der Waals surface area contributed by atoms with Crippen LogP contribution in [-0.4, -0.2) is 5.75 Å². The van der Waals surface area contributed by atoms with Gasteiger partial charge in [-0.05, 0) is 29.8 Å². The minimum Gasteiger partial charge on any atom is -0.271 e. The molecule has 2 rings (SSSR count). The summed E-state index contributed by atoms with van der Waals surface area (Å²) in [5.41, 5.74) is 4.08. The monoisotopic (exact) mass is 322 g/mol. The van der Waals surface area contributed by atoms with E-state index in [0.717, 1.165) is 10.2 Å². The molecule has 1 atom stereocenters. The average Bonchev–Trinajstić information content (AvgIpc) is 2.43. The van der Waals surface area contributed by atoms with E-state index in [-0.39, 0.29) is 6.04 Å². The van der Waals surface area contributed by atoms with E-state index < -0.39 is 0 Å². The molecule has 0 saturated carbocycles. The summed E-state index contributed by atoms with van der Waals surface area (Å²) in [7, 11) is 0. The Morgan fingerprint density at radius 2 is 1.72 bits per heavy atom. The van der Waals surface area contributed by atoms with Gasteiger partial charge >= 0.3 is 0 Å².